The number of rotatable bonds is 9. The third kappa shape index (κ3) is 5.60. The highest BCUT2D eigenvalue weighted by Gasteiger charge is 2.29. The number of para-hydroxylation sites is 1. The van der Waals surface area contributed by atoms with Gasteiger partial charge in [-0.3, -0.25) is 14.9 Å². The van der Waals surface area contributed by atoms with Crippen LogP contribution in [0, 0.1) is 10.1 Å². The molecule has 0 aromatic heterocycles. The van der Waals surface area contributed by atoms with E-state index in [0.29, 0.717) is 37.6 Å². The Morgan fingerprint density at radius 3 is 2.27 bits per heavy atom. The molecule has 0 saturated carbocycles. The Hall–Kier alpha value is -3.18. The number of benzene rings is 2. The van der Waals surface area contributed by atoms with Crippen molar-refractivity contribution in [2.45, 2.75) is 18.7 Å². The predicted octanol–water partition coefficient (Wildman–Crippen LogP) is 2.35. The van der Waals surface area contributed by atoms with Gasteiger partial charge in [-0.15, -0.1) is 0 Å². The number of amides is 1. The van der Waals surface area contributed by atoms with Gasteiger partial charge in [-0.25, -0.2) is 8.42 Å². The lowest BCUT2D eigenvalue weighted by atomic mass is 10.2. The zero-order valence-corrected chi connectivity index (χ0v) is 19.5. The number of carbonyl (C=O) groups is 1. The van der Waals surface area contributed by atoms with Gasteiger partial charge in [0.2, 0.25) is 10.0 Å². The molecular weight excluding hydrogens is 448 g/mol. The van der Waals surface area contributed by atoms with Crippen molar-refractivity contribution in [3.05, 3.63) is 58.6 Å². The minimum atomic E-state index is -3.81. The molecule has 2 aromatic carbocycles. The molecule has 0 N–H and O–H groups in total. The molecule has 0 spiro atoms. The lowest BCUT2D eigenvalue weighted by Crippen LogP contribution is -2.50. The fourth-order valence-electron chi connectivity index (χ4n) is 3.74. The second kappa shape index (κ2) is 10.6. The van der Waals surface area contributed by atoms with Gasteiger partial charge in [-0.1, -0.05) is 32.0 Å². The number of nitro benzene ring substituents is 1. The highest BCUT2D eigenvalue weighted by Crippen LogP contribution is 2.32. The van der Waals surface area contributed by atoms with Crippen molar-refractivity contribution in [2.75, 3.05) is 50.8 Å². The lowest BCUT2D eigenvalue weighted by Gasteiger charge is -2.35. The number of nitrogens with zero attached hydrogens (tertiary/aromatic N) is 4. The van der Waals surface area contributed by atoms with Crippen LogP contribution >= 0.6 is 0 Å². The molecule has 33 heavy (non-hydrogen) atoms. The van der Waals surface area contributed by atoms with Gasteiger partial charge in [0.1, 0.15) is 11.4 Å². The van der Waals surface area contributed by atoms with Crippen LogP contribution in [0.25, 0.3) is 0 Å². The van der Waals surface area contributed by atoms with Gasteiger partial charge >= 0.3 is 0 Å². The number of nitro groups is 1. The summed E-state index contributed by atoms with van der Waals surface area (Å²) in [5.74, 6) is 0.452. The lowest BCUT2D eigenvalue weighted by molar-refractivity contribution is -0.384. The molecule has 0 atom stereocenters. The Kier molecular flexibility index (Phi) is 7.88. The Labute approximate surface area is 193 Å². The predicted molar refractivity (Wildman–Crippen MR) is 124 cm³/mol. The van der Waals surface area contributed by atoms with E-state index < -0.39 is 14.9 Å². The van der Waals surface area contributed by atoms with Crippen LogP contribution in [0.1, 0.15) is 13.8 Å². The topological polar surface area (TPSA) is 113 Å². The zero-order chi connectivity index (χ0) is 24.0. The van der Waals surface area contributed by atoms with E-state index in [1.165, 1.54) is 16.4 Å². The summed E-state index contributed by atoms with van der Waals surface area (Å²) in [6.07, 6.45) is 0. The largest absolute Gasteiger partial charge is 0.484 e. The van der Waals surface area contributed by atoms with Crippen molar-refractivity contribution in [1.29, 1.82) is 0 Å². The smallest absolute Gasteiger partial charge is 0.293 e. The monoisotopic (exact) mass is 476 g/mol. The molecule has 0 radical (unpaired) electrons. The Morgan fingerprint density at radius 2 is 1.70 bits per heavy atom. The van der Waals surface area contributed by atoms with Crippen LogP contribution in [-0.2, 0) is 14.8 Å². The van der Waals surface area contributed by atoms with Crippen LogP contribution < -0.4 is 9.64 Å². The van der Waals surface area contributed by atoms with E-state index in [4.69, 9.17) is 4.74 Å². The van der Waals surface area contributed by atoms with Crippen molar-refractivity contribution in [3.8, 4) is 5.75 Å². The molecule has 178 valence electrons. The number of anilines is 1. The summed E-state index contributed by atoms with van der Waals surface area (Å²) in [6.45, 7) is 5.45. The van der Waals surface area contributed by atoms with Crippen LogP contribution in [0.3, 0.4) is 0 Å². The molecule has 1 aliphatic heterocycles. The first-order valence-corrected chi connectivity index (χ1v) is 12.2. The van der Waals surface area contributed by atoms with Crippen LogP contribution in [0.5, 0.6) is 5.75 Å². The maximum atomic E-state index is 12.8. The van der Waals surface area contributed by atoms with E-state index in [2.05, 4.69) is 0 Å². The fraction of sp³-hybridized carbons (Fsp3) is 0.409. The minimum Gasteiger partial charge on any atom is -0.484 e. The second-order valence-corrected chi connectivity index (χ2v) is 9.40. The first-order valence-electron chi connectivity index (χ1n) is 10.8. The molecule has 11 heteroatoms. The molecule has 1 aliphatic rings. The minimum absolute atomic E-state index is 0.0813. The first-order chi connectivity index (χ1) is 15.8. The summed E-state index contributed by atoms with van der Waals surface area (Å²) in [5.41, 5.74) is 0.0709. The molecular formula is C22H28N4O6S. The number of hydrogen-bond acceptors (Lipinski definition) is 7. The molecule has 2 aromatic rings. The standard InChI is InChI=1S/C22H28N4O6S/c1-3-25(4-2)33(30,31)19-10-11-20(21(16-19)26(28)29)23-12-14-24(15-13-23)22(27)17-32-18-8-6-5-7-9-18/h5-11,16H,3-4,12-15,17H2,1-2H3. The van der Waals surface area contributed by atoms with Crippen molar-refractivity contribution in [2.24, 2.45) is 0 Å². The maximum Gasteiger partial charge on any atom is 0.293 e. The second-order valence-electron chi connectivity index (χ2n) is 7.47. The quantitative estimate of drug-likeness (QED) is 0.403. The summed E-state index contributed by atoms with van der Waals surface area (Å²) >= 11 is 0. The summed E-state index contributed by atoms with van der Waals surface area (Å²) < 4.78 is 32.3. The van der Waals surface area contributed by atoms with E-state index in [1.807, 2.05) is 18.2 Å². The van der Waals surface area contributed by atoms with E-state index >= 15 is 0 Å². The van der Waals surface area contributed by atoms with E-state index in [9.17, 15) is 23.3 Å². The Morgan fingerprint density at radius 1 is 1.06 bits per heavy atom. The fourth-order valence-corrected chi connectivity index (χ4v) is 5.22. The highest BCUT2D eigenvalue weighted by molar-refractivity contribution is 7.89. The van der Waals surface area contributed by atoms with Gasteiger partial charge in [-0.05, 0) is 24.3 Å². The van der Waals surface area contributed by atoms with Gasteiger partial charge in [0.25, 0.3) is 11.6 Å². The molecule has 1 amide bonds. The van der Waals surface area contributed by atoms with Gasteiger partial charge in [0.05, 0.1) is 9.82 Å². The first kappa shape index (κ1) is 24.5. The zero-order valence-electron chi connectivity index (χ0n) is 18.7. The van der Waals surface area contributed by atoms with E-state index in [0.717, 1.165) is 6.07 Å². The van der Waals surface area contributed by atoms with Crippen LogP contribution in [-0.4, -0.2) is 74.3 Å². The Bertz CT molecular complexity index is 1080. The van der Waals surface area contributed by atoms with Gasteiger partial charge < -0.3 is 14.5 Å². The summed E-state index contributed by atoms with van der Waals surface area (Å²) in [6, 6.07) is 13.1. The van der Waals surface area contributed by atoms with Gasteiger partial charge in [-0.2, -0.15) is 4.31 Å². The SMILES string of the molecule is CCN(CC)S(=O)(=O)c1ccc(N2CCN(C(=O)COc3ccccc3)CC2)c([N+](=O)[O-])c1. The molecule has 3 rings (SSSR count). The van der Waals surface area contributed by atoms with Crippen molar-refractivity contribution in [1.82, 2.24) is 9.21 Å². The van der Waals surface area contributed by atoms with Gasteiger partial charge in [0, 0.05) is 45.3 Å². The van der Waals surface area contributed by atoms with E-state index in [-0.39, 0.29) is 36.2 Å². The number of ether oxygens (including phenoxy) is 1. The maximum absolute atomic E-state index is 12.8. The molecule has 1 saturated heterocycles. The van der Waals surface area contributed by atoms with Crippen molar-refractivity contribution < 1.29 is 22.9 Å². The molecule has 0 aliphatic carbocycles. The van der Waals surface area contributed by atoms with E-state index in [1.54, 1.807) is 35.8 Å². The average molecular weight is 477 g/mol. The van der Waals surface area contributed by atoms with Gasteiger partial charge in [0.15, 0.2) is 6.61 Å². The average Bonchev–Trinajstić information content (AvgIpc) is 2.83. The number of carbonyl (C=O) groups excluding carboxylic acids is 1. The number of sulfonamides is 1. The number of hydrogen-bond donors (Lipinski definition) is 0. The third-order valence-electron chi connectivity index (χ3n) is 5.57. The highest BCUT2D eigenvalue weighted by atomic mass is 32.2. The van der Waals surface area contributed by atoms with Crippen LogP contribution in [0.15, 0.2) is 53.4 Å². The Balaban J connectivity index is 1.69. The summed E-state index contributed by atoms with van der Waals surface area (Å²) in [5, 5.41) is 11.7. The van der Waals surface area contributed by atoms with Crippen molar-refractivity contribution >= 4 is 27.3 Å². The van der Waals surface area contributed by atoms with Crippen LogP contribution in [0.4, 0.5) is 11.4 Å². The molecule has 0 unspecified atom stereocenters. The van der Waals surface area contributed by atoms with Crippen molar-refractivity contribution in [3.63, 3.8) is 0 Å². The third-order valence-corrected chi connectivity index (χ3v) is 7.61. The molecule has 0 bridgehead atoms. The van der Waals surface area contributed by atoms with Crippen LogP contribution in [0.2, 0.25) is 0 Å². The molecule has 1 fully saturated rings. The summed E-state index contributed by atoms with van der Waals surface area (Å²) in [7, 11) is -3.81. The summed E-state index contributed by atoms with van der Waals surface area (Å²) in [4.78, 5) is 27.0. The molecule has 1 heterocycles. The normalized spacial score (nSPS) is 14.4. The molecule has 10 nitrogen and oxygen atoms in total. The number of piperazine rings is 1.